The molecule has 0 amide bonds. The summed E-state index contributed by atoms with van der Waals surface area (Å²) in [7, 11) is 0. The Morgan fingerprint density at radius 1 is 1.33 bits per heavy atom. The minimum atomic E-state index is -0.362. The van der Waals surface area contributed by atoms with Gasteiger partial charge in [-0.2, -0.15) is 0 Å². The van der Waals surface area contributed by atoms with Gasteiger partial charge in [0.05, 0.1) is 12.5 Å². The highest BCUT2D eigenvalue weighted by Gasteiger charge is 2.03. The highest BCUT2D eigenvalue weighted by atomic mass is 79.9. The Morgan fingerprint density at radius 2 is 2.22 bits per heavy atom. The molecule has 0 atom stereocenters. The number of ether oxygens (including phenoxy) is 1. The van der Waals surface area contributed by atoms with E-state index in [-0.39, 0.29) is 11.6 Å². The first-order valence-corrected chi connectivity index (χ1v) is 6.34. The molecule has 1 N–H and O–H groups in total. The van der Waals surface area contributed by atoms with Crippen molar-refractivity contribution in [1.82, 2.24) is 5.32 Å². The van der Waals surface area contributed by atoms with Crippen LogP contribution in [0.5, 0.6) is 5.75 Å². The molecule has 0 unspecified atom stereocenters. The summed E-state index contributed by atoms with van der Waals surface area (Å²) in [5.41, 5.74) is 1.07. The number of benzene rings is 1. The van der Waals surface area contributed by atoms with Crippen molar-refractivity contribution in [2.45, 2.75) is 6.54 Å². The van der Waals surface area contributed by atoms with Crippen molar-refractivity contribution in [2.24, 2.45) is 0 Å². The maximum absolute atomic E-state index is 13.4. The van der Waals surface area contributed by atoms with Gasteiger partial charge in [0.15, 0.2) is 11.6 Å². The summed E-state index contributed by atoms with van der Waals surface area (Å²) in [6.45, 7) is 1.76. The second-order valence-electron chi connectivity index (χ2n) is 3.73. The smallest absolute Gasteiger partial charge is 0.166 e. The van der Waals surface area contributed by atoms with E-state index in [0.29, 0.717) is 24.2 Å². The molecule has 5 heteroatoms. The Morgan fingerprint density at radius 3 is 2.94 bits per heavy atom. The third-order valence-corrected chi connectivity index (χ3v) is 2.83. The van der Waals surface area contributed by atoms with Gasteiger partial charge in [-0.25, -0.2) is 4.39 Å². The van der Waals surface area contributed by atoms with Crippen LogP contribution in [0, 0.1) is 5.82 Å². The molecule has 0 saturated heterocycles. The molecule has 1 heterocycles. The fraction of sp³-hybridized carbons (Fsp3) is 0.231. The van der Waals surface area contributed by atoms with Gasteiger partial charge in [0.1, 0.15) is 6.61 Å². The molecule has 3 nitrogen and oxygen atoms in total. The van der Waals surface area contributed by atoms with Crippen LogP contribution in [0.25, 0.3) is 0 Å². The van der Waals surface area contributed by atoms with Crippen molar-refractivity contribution in [3.05, 3.63) is 52.6 Å². The van der Waals surface area contributed by atoms with E-state index in [4.69, 9.17) is 9.15 Å². The van der Waals surface area contributed by atoms with Crippen molar-refractivity contribution in [3.63, 3.8) is 0 Å². The summed E-state index contributed by atoms with van der Waals surface area (Å²) in [5.74, 6) is -0.0949. The van der Waals surface area contributed by atoms with Gasteiger partial charge >= 0.3 is 0 Å². The van der Waals surface area contributed by atoms with Gasteiger partial charge in [0, 0.05) is 23.1 Å². The van der Waals surface area contributed by atoms with Crippen molar-refractivity contribution in [1.29, 1.82) is 0 Å². The largest absolute Gasteiger partial charge is 0.489 e. The van der Waals surface area contributed by atoms with E-state index < -0.39 is 0 Å². The van der Waals surface area contributed by atoms with Crippen LogP contribution < -0.4 is 10.1 Å². The van der Waals surface area contributed by atoms with Crippen molar-refractivity contribution < 1.29 is 13.5 Å². The van der Waals surface area contributed by atoms with Crippen LogP contribution in [0.3, 0.4) is 0 Å². The molecule has 2 rings (SSSR count). The first kappa shape index (κ1) is 13.1. The number of rotatable bonds is 6. The first-order valence-electron chi connectivity index (χ1n) is 5.55. The van der Waals surface area contributed by atoms with Crippen LogP contribution in [0.15, 0.2) is 45.7 Å². The Bertz CT molecular complexity index is 488. The molecular formula is C13H13BrFNO2. The maximum Gasteiger partial charge on any atom is 0.166 e. The van der Waals surface area contributed by atoms with Crippen molar-refractivity contribution >= 4 is 15.9 Å². The number of hydrogen-bond acceptors (Lipinski definition) is 3. The zero-order valence-corrected chi connectivity index (χ0v) is 11.2. The fourth-order valence-electron chi connectivity index (χ4n) is 1.45. The van der Waals surface area contributed by atoms with Gasteiger partial charge in [-0.05, 0) is 24.3 Å². The standard InChI is InChI=1S/C13H13BrFNO2/c14-11-1-2-13(12(15)7-11)18-6-4-16-8-10-3-5-17-9-10/h1-3,5,7,9,16H,4,6,8H2. The molecule has 0 aliphatic carbocycles. The summed E-state index contributed by atoms with van der Waals surface area (Å²) in [6, 6.07) is 6.63. The fourth-order valence-corrected chi connectivity index (χ4v) is 1.78. The Kier molecular flexibility index (Phi) is 4.78. The maximum atomic E-state index is 13.4. The third-order valence-electron chi connectivity index (χ3n) is 2.34. The van der Waals surface area contributed by atoms with Gasteiger partial charge in [-0.1, -0.05) is 15.9 Å². The molecule has 0 aliphatic rings. The quantitative estimate of drug-likeness (QED) is 0.830. The lowest BCUT2D eigenvalue weighted by atomic mass is 10.3. The predicted molar refractivity (Wildman–Crippen MR) is 70.0 cm³/mol. The second kappa shape index (κ2) is 6.56. The minimum absolute atomic E-state index is 0.267. The molecule has 0 saturated carbocycles. The molecular weight excluding hydrogens is 301 g/mol. The summed E-state index contributed by atoms with van der Waals surface area (Å²) in [4.78, 5) is 0. The summed E-state index contributed by atoms with van der Waals surface area (Å²) < 4.78 is 24.4. The van der Waals surface area contributed by atoms with E-state index in [1.54, 1.807) is 24.7 Å². The van der Waals surface area contributed by atoms with Crippen LogP contribution in [0.2, 0.25) is 0 Å². The zero-order chi connectivity index (χ0) is 12.8. The Labute approximate surface area is 113 Å². The monoisotopic (exact) mass is 313 g/mol. The average Bonchev–Trinajstić information content (AvgIpc) is 2.84. The zero-order valence-electron chi connectivity index (χ0n) is 9.66. The van der Waals surface area contributed by atoms with E-state index in [2.05, 4.69) is 21.2 Å². The Hall–Kier alpha value is -1.33. The molecule has 0 bridgehead atoms. The van der Waals surface area contributed by atoms with Crippen LogP contribution >= 0.6 is 15.9 Å². The van der Waals surface area contributed by atoms with E-state index in [1.807, 2.05) is 6.07 Å². The lowest BCUT2D eigenvalue weighted by Crippen LogP contribution is -2.20. The average molecular weight is 314 g/mol. The topological polar surface area (TPSA) is 34.4 Å². The molecule has 96 valence electrons. The third kappa shape index (κ3) is 3.85. The minimum Gasteiger partial charge on any atom is -0.489 e. The highest BCUT2D eigenvalue weighted by Crippen LogP contribution is 2.21. The van der Waals surface area contributed by atoms with Gasteiger partial charge in [0.25, 0.3) is 0 Å². The second-order valence-corrected chi connectivity index (χ2v) is 4.65. The van der Waals surface area contributed by atoms with Crippen LogP contribution in [-0.2, 0) is 6.54 Å². The van der Waals surface area contributed by atoms with E-state index >= 15 is 0 Å². The predicted octanol–water partition coefficient (Wildman–Crippen LogP) is 3.35. The molecule has 0 fully saturated rings. The van der Waals surface area contributed by atoms with Crippen molar-refractivity contribution in [3.8, 4) is 5.75 Å². The highest BCUT2D eigenvalue weighted by molar-refractivity contribution is 9.10. The summed E-state index contributed by atoms with van der Waals surface area (Å²) in [6.07, 6.45) is 3.31. The normalized spacial score (nSPS) is 10.6. The number of hydrogen-bond donors (Lipinski definition) is 1. The number of halogens is 2. The van der Waals surface area contributed by atoms with E-state index in [1.165, 1.54) is 6.07 Å². The molecule has 0 aliphatic heterocycles. The number of nitrogens with one attached hydrogen (secondary N) is 1. The molecule has 0 radical (unpaired) electrons. The number of furan rings is 1. The van der Waals surface area contributed by atoms with E-state index in [0.717, 1.165) is 5.56 Å². The summed E-state index contributed by atoms with van der Waals surface area (Å²) in [5, 5.41) is 3.17. The first-order chi connectivity index (χ1) is 8.75. The van der Waals surface area contributed by atoms with Gasteiger partial charge in [-0.3, -0.25) is 0 Å². The van der Waals surface area contributed by atoms with Gasteiger partial charge < -0.3 is 14.5 Å². The SMILES string of the molecule is Fc1cc(Br)ccc1OCCNCc1ccoc1. The molecule has 1 aromatic carbocycles. The lowest BCUT2D eigenvalue weighted by Gasteiger charge is -2.08. The van der Waals surface area contributed by atoms with Gasteiger partial charge in [0.2, 0.25) is 0 Å². The lowest BCUT2D eigenvalue weighted by molar-refractivity contribution is 0.298. The van der Waals surface area contributed by atoms with Crippen LogP contribution in [0.1, 0.15) is 5.56 Å². The van der Waals surface area contributed by atoms with Crippen LogP contribution in [-0.4, -0.2) is 13.2 Å². The van der Waals surface area contributed by atoms with Gasteiger partial charge in [-0.15, -0.1) is 0 Å². The molecule has 2 aromatic rings. The molecule has 18 heavy (non-hydrogen) atoms. The molecule has 0 spiro atoms. The summed E-state index contributed by atoms with van der Waals surface area (Å²) >= 11 is 3.19. The van der Waals surface area contributed by atoms with Crippen molar-refractivity contribution in [2.75, 3.05) is 13.2 Å². The van der Waals surface area contributed by atoms with Crippen LogP contribution in [0.4, 0.5) is 4.39 Å². The van der Waals surface area contributed by atoms with E-state index in [9.17, 15) is 4.39 Å². The molecule has 1 aromatic heterocycles. The Balaban J connectivity index is 1.69.